The van der Waals surface area contributed by atoms with E-state index in [4.69, 9.17) is 23.1 Å². The van der Waals surface area contributed by atoms with Gasteiger partial charge >= 0.3 is 15.6 Å². The van der Waals surface area contributed by atoms with E-state index in [1.165, 1.54) is 34.5 Å². The van der Waals surface area contributed by atoms with Crippen LogP contribution in [0.5, 0.6) is 28.7 Å². The molecule has 0 saturated carbocycles. The van der Waals surface area contributed by atoms with E-state index in [1.807, 2.05) is 0 Å². The molecule has 8 nitrogen and oxygen atoms in total. The molecule has 0 bridgehead atoms. The number of aromatic nitrogens is 1. The van der Waals surface area contributed by atoms with Crippen LogP contribution in [0.2, 0.25) is 0 Å². The number of pyridine rings is 1. The van der Waals surface area contributed by atoms with Crippen molar-refractivity contribution in [1.29, 1.82) is 0 Å². The largest absolute Gasteiger partial charge is 0.534 e. The molecule has 12 heteroatoms. The number of hydrogen-bond donors (Lipinski definition) is 0. The van der Waals surface area contributed by atoms with E-state index >= 15 is 0 Å². The van der Waals surface area contributed by atoms with Gasteiger partial charge < -0.3 is 23.1 Å². The topological polar surface area (TPSA) is 93.2 Å². The predicted molar refractivity (Wildman–Crippen MR) is 116 cm³/mol. The second-order valence-corrected chi connectivity index (χ2v) is 8.84. The Hall–Kier alpha value is -3.41. The van der Waals surface area contributed by atoms with Gasteiger partial charge in [0.05, 0.1) is 28.4 Å². The molecule has 1 aliphatic rings. The van der Waals surface area contributed by atoms with E-state index in [2.05, 4.69) is 4.98 Å². The summed E-state index contributed by atoms with van der Waals surface area (Å²) in [5.74, 6) is -0.192. The molecule has 1 aliphatic carbocycles. The van der Waals surface area contributed by atoms with Gasteiger partial charge in [0.2, 0.25) is 5.75 Å². The summed E-state index contributed by atoms with van der Waals surface area (Å²) >= 11 is 0. The van der Waals surface area contributed by atoms with Gasteiger partial charge in [0.1, 0.15) is 0 Å². The number of halogens is 3. The fourth-order valence-electron chi connectivity index (χ4n) is 4.13. The standard InChI is InChI=1S/C22H20F3NO7S/c1-29-14-10-12-7-8-26-13-6-5-11-9-15(30-2)20(31-3)21(32-4)17(11)18(16(12)13)19(14)33-34(27,28)22(23,24)25/h7-10H,5-6H2,1-4H3. The van der Waals surface area contributed by atoms with E-state index in [0.717, 1.165) is 0 Å². The second kappa shape index (κ2) is 8.42. The molecular weight excluding hydrogens is 479 g/mol. The molecule has 0 N–H and O–H groups in total. The Morgan fingerprint density at radius 2 is 1.50 bits per heavy atom. The minimum atomic E-state index is -6.03. The monoisotopic (exact) mass is 499 g/mol. The summed E-state index contributed by atoms with van der Waals surface area (Å²) in [4.78, 5) is 4.39. The van der Waals surface area contributed by atoms with Crippen molar-refractivity contribution >= 4 is 20.9 Å². The van der Waals surface area contributed by atoms with Gasteiger partial charge in [-0.3, -0.25) is 4.98 Å². The van der Waals surface area contributed by atoms with E-state index in [-0.39, 0.29) is 22.8 Å². The molecule has 182 valence electrons. The highest BCUT2D eigenvalue weighted by Crippen LogP contribution is 2.55. The molecule has 1 aromatic heterocycles. The van der Waals surface area contributed by atoms with Crippen LogP contribution in [0, 0.1) is 0 Å². The third kappa shape index (κ3) is 3.61. The van der Waals surface area contributed by atoms with E-state index in [0.29, 0.717) is 46.2 Å². The zero-order chi connectivity index (χ0) is 24.8. The van der Waals surface area contributed by atoms with Crippen LogP contribution in [0.15, 0.2) is 24.4 Å². The van der Waals surface area contributed by atoms with Crippen molar-refractivity contribution < 1.29 is 44.7 Å². The average molecular weight is 499 g/mol. The molecule has 0 amide bonds. The van der Waals surface area contributed by atoms with Crippen molar-refractivity contribution in [2.75, 3.05) is 28.4 Å². The Balaban J connectivity index is 2.22. The summed E-state index contributed by atoms with van der Waals surface area (Å²) in [5.41, 5.74) is -4.18. The van der Waals surface area contributed by atoms with Crippen molar-refractivity contribution in [3.05, 3.63) is 35.7 Å². The minimum absolute atomic E-state index is 0.0376. The zero-order valence-electron chi connectivity index (χ0n) is 18.6. The number of rotatable bonds is 6. The Morgan fingerprint density at radius 3 is 2.09 bits per heavy atom. The number of nitrogens with zero attached hydrogens (tertiary/aromatic N) is 1. The Kier molecular flexibility index (Phi) is 5.88. The lowest BCUT2D eigenvalue weighted by atomic mass is 9.93. The number of benzene rings is 2. The van der Waals surface area contributed by atoms with Gasteiger partial charge in [0.25, 0.3) is 0 Å². The molecule has 3 aromatic rings. The number of hydrogen-bond acceptors (Lipinski definition) is 8. The first kappa shape index (κ1) is 23.7. The number of aryl methyl sites for hydroxylation is 2. The fourth-order valence-corrected chi connectivity index (χ4v) is 4.60. The molecule has 0 atom stereocenters. The third-order valence-corrected chi connectivity index (χ3v) is 6.49. The number of methoxy groups -OCH3 is 4. The van der Waals surface area contributed by atoms with Crippen LogP contribution in [-0.4, -0.2) is 47.3 Å². The van der Waals surface area contributed by atoms with Crippen LogP contribution < -0.4 is 23.1 Å². The first-order valence-electron chi connectivity index (χ1n) is 9.89. The minimum Gasteiger partial charge on any atom is -0.493 e. The Morgan fingerprint density at radius 1 is 0.853 bits per heavy atom. The highest BCUT2D eigenvalue weighted by molar-refractivity contribution is 7.88. The van der Waals surface area contributed by atoms with Crippen LogP contribution in [0.4, 0.5) is 13.2 Å². The van der Waals surface area contributed by atoms with Gasteiger partial charge in [-0.15, -0.1) is 0 Å². The van der Waals surface area contributed by atoms with Gasteiger partial charge in [0.15, 0.2) is 23.0 Å². The maximum Gasteiger partial charge on any atom is 0.534 e. The SMILES string of the molecule is COc1cc2c(c(OC)c1OC)-c1c(OS(=O)(=O)C(F)(F)F)c(OC)cc3ccnc(c13)CC2. The first-order valence-corrected chi connectivity index (χ1v) is 11.3. The molecule has 34 heavy (non-hydrogen) atoms. The molecule has 0 saturated heterocycles. The molecule has 0 aliphatic heterocycles. The van der Waals surface area contributed by atoms with Crippen molar-refractivity contribution in [3.8, 4) is 39.9 Å². The van der Waals surface area contributed by atoms with Crippen LogP contribution in [0.1, 0.15) is 11.3 Å². The van der Waals surface area contributed by atoms with Crippen molar-refractivity contribution in [2.24, 2.45) is 0 Å². The normalized spacial score (nSPS) is 13.1. The van der Waals surface area contributed by atoms with Gasteiger partial charge in [-0.2, -0.15) is 21.6 Å². The summed E-state index contributed by atoms with van der Waals surface area (Å²) in [7, 11) is -0.658. The maximum atomic E-state index is 13.3. The average Bonchev–Trinajstić information content (AvgIpc) is 2.96. The highest BCUT2D eigenvalue weighted by atomic mass is 32.2. The molecule has 2 aromatic carbocycles. The van der Waals surface area contributed by atoms with Crippen molar-refractivity contribution in [1.82, 2.24) is 4.98 Å². The molecular formula is C22H20F3NO7S. The Bertz CT molecular complexity index is 1390. The molecule has 0 unspecified atom stereocenters. The summed E-state index contributed by atoms with van der Waals surface area (Å²) in [6.45, 7) is 0. The number of ether oxygens (including phenoxy) is 4. The quantitative estimate of drug-likeness (QED) is 0.367. The molecule has 0 spiro atoms. The molecule has 0 fully saturated rings. The zero-order valence-corrected chi connectivity index (χ0v) is 19.4. The van der Waals surface area contributed by atoms with Crippen LogP contribution in [-0.2, 0) is 23.0 Å². The summed E-state index contributed by atoms with van der Waals surface area (Å²) in [6.07, 6.45) is 2.37. The predicted octanol–water partition coefficient (Wildman–Crippen LogP) is 4.26. The summed E-state index contributed by atoms with van der Waals surface area (Å²) in [6, 6.07) is 4.71. The first-order chi connectivity index (χ1) is 16.1. The smallest absolute Gasteiger partial charge is 0.493 e. The molecule has 0 radical (unpaired) electrons. The Labute approximate surface area is 193 Å². The van der Waals surface area contributed by atoms with Crippen LogP contribution in [0.3, 0.4) is 0 Å². The maximum absolute atomic E-state index is 13.3. The summed E-state index contributed by atoms with van der Waals surface area (Å²) in [5, 5.41) is 0.984. The molecule has 1 heterocycles. The van der Waals surface area contributed by atoms with Gasteiger partial charge in [-0.05, 0) is 42.0 Å². The lowest BCUT2D eigenvalue weighted by Gasteiger charge is -2.22. The number of alkyl halides is 3. The van der Waals surface area contributed by atoms with Gasteiger partial charge in [0, 0.05) is 28.4 Å². The third-order valence-electron chi connectivity index (χ3n) is 5.54. The molecule has 4 rings (SSSR count). The fraction of sp³-hybridized carbons (Fsp3) is 0.318. The van der Waals surface area contributed by atoms with E-state index in [1.54, 1.807) is 18.3 Å². The van der Waals surface area contributed by atoms with Crippen LogP contribution >= 0.6 is 0 Å². The second-order valence-electron chi connectivity index (χ2n) is 7.30. The van der Waals surface area contributed by atoms with Crippen LogP contribution in [0.25, 0.3) is 21.9 Å². The van der Waals surface area contributed by atoms with Crippen molar-refractivity contribution in [3.63, 3.8) is 0 Å². The summed E-state index contributed by atoms with van der Waals surface area (Å²) < 4.78 is 90.6. The van der Waals surface area contributed by atoms with E-state index in [9.17, 15) is 21.6 Å². The van der Waals surface area contributed by atoms with Crippen molar-refractivity contribution in [2.45, 2.75) is 18.3 Å². The highest BCUT2D eigenvalue weighted by Gasteiger charge is 2.49. The number of fused-ring (bicyclic) bond motifs is 2. The van der Waals surface area contributed by atoms with Gasteiger partial charge in [-0.25, -0.2) is 0 Å². The van der Waals surface area contributed by atoms with E-state index < -0.39 is 21.4 Å². The lowest BCUT2D eigenvalue weighted by molar-refractivity contribution is -0.0500. The van der Waals surface area contributed by atoms with Gasteiger partial charge in [-0.1, -0.05) is 0 Å². The lowest BCUT2D eigenvalue weighted by Crippen LogP contribution is -2.28.